The van der Waals surface area contributed by atoms with Gasteiger partial charge in [0.05, 0.1) is 7.11 Å². The van der Waals surface area contributed by atoms with Gasteiger partial charge in [0.25, 0.3) is 5.91 Å². The molecule has 1 amide bonds. The summed E-state index contributed by atoms with van der Waals surface area (Å²) in [7, 11) is 1.63. The number of hydrogen-bond acceptors (Lipinski definition) is 4. The second kappa shape index (κ2) is 6.44. The SMILES string of the molecule is COc1ccc(-c2cc(C(=O)N3C[C@@H](C)C[C@H](C)C3)no2)cc1. The molecule has 1 aliphatic heterocycles. The zero-order valence-electron chi connectivity index (χ0n) is 13.8. The van der Waals surface area contributed by atoms with Gasteiger partial charge in [-0.15, -0.1) is 0 Å². The van der Waals surface area contributed by atoms with E-state index in [1.54, 1.807) is 13.2 Å². The molecule has 0 radical (unpaired) electrons. The number of piperidine rings is 1. The zero-order chi connectivity index (χ0) is 16.4. The number of nitrogens with zero attached hydrogens (tertiary/aromatic N) is 2. The second-order valence-electron chi connectivity index (χ2n) is 6.46. The van der Waals surface area contributed by atoms with Crippen LogP contribution in [0.25, 0.3) is 11.3 Å². The Morgan fingerprint density at radius 3 is 2.48 bits per heavy atom. The van der Waals surface area contributed by atoms with E-state index in [1.807, 2.05) is 29.2 Å². The van der Waals surface area contributed by atoms with E-state index in [4.69, 9.17) is 9.26 Å². The number of carbonyl (C=O) groups is 1. The maximum Gasteiger partial charge on any atom is 0.276 e. The monoisotopic (exact) mass is 314 g/mol. The molecule has 2 aromatic rings. The van der Waals surface area contributed by atoms with Crippen molar-refractivity contribution in [3.8, 4) is 17.1 Å². The summed E-state index contributed by atoms with van der Waals surface area (Å²) in [5.74, 6) is 2.37. The number of benzene rings is 1. The molecule has 0 spiro atoms. The quantitative estimate of drug-likeness (QED) is 0.870. The van der Waals surface area contributed by atoms with Crippen LogP contribution in [0.4, 0.5) is 0 Å². The Kier molecular flexibility index (Phi) is 4.37. The summed E-state index contributed by atoms with van der Waals surface area (Å²) < 4.78 is 10.5. The Labute approximate surface area is 136 Å². The first kappa shape index (κ1) is 15.6. The van der Waals surface area contributed by atoms with Gasteiger partial charge in [0.15, 0.2) is 11.5 Å². The van der Waals surface area contributed by atoms with Crippen LogP contribution in [0.5, 0.6) is 5.75 Å². The first-order valence-electron chi connectivity index (χ1n) is 7.97. The van der Waals surface area contributed by atoms with Crippen molar-refractivity contribution >= 4 is 5.91 Å². The number of amides is 1. The average molecular weight is 314 g/mol. The number of likely N-dealkylation sites (tertiary alicyclic amines) is 1. The van der Waals surface area contributed by atoms with E-state index in [9.17, 15) is 4.79 Å². The van der Waals surface area contributed by atoms with Crippen molar-refractivity contribution in [2.24, 2.45) is 11.8 Å². The predicted octanol–water partition coefficient (Wildman–Crippen LogP) is 3.47. The standard InChI is InChI=1S/C18H22N2O3/c1-12-8-13(2)11-20(10-12)18(21)16-9-17(23-19-16)14-4-6-15(22-3)7-5-14/h4-7,9,12-13H,8,10-11H2,1-3H3/t12-,13-/m0/s1. The van der Waals surface area contributed by atoms with Crippen LogP contribution in [0, 0.1) is 11.8 Å². The molecule has 1 aromatic heterocycles. The topological polar surface area (TPSA) is 55.6 Å². The van der Waals surface area contributed by atoms with E-state index in [1.165, 1.54) is 6.42 Å². The van der Waals surface area contributed by atoms with Gasteiger partial charge >= 0.3 is 0 Å². The van der Waals surface area contributed by atoms with Gasteiger partial charge in [-0.1, -0.05) is 19.0 Å². The van der Waals surface area contributed by atoms with Crippen LogP contribution >= 0.6 is 0 Å². The molecule has 0 saturated carbocycles. The molecule has 1 aliphatic rings. The highest BCUT2D eigenvalue weighted by molar-refractivity contribution is 5.93. The van der Waals surface area contributed by atoms with Gasteiger partial charge in [-0.3, -0.25) is 4.79 Å². The Morgan fingerprint density at radius 2 is 1.87 bits per heavy atom. The summed E-state index contributed by atoms with van der Waals surface area (Å²) >= 11 is 0. The molecule has 2 heterocycles. The average Bonchev–Trinajstić information content (AvgIpc) is 3.03. The zero-order valence-corrected chi connectivity index (χ0v) is 13.8. The minimum Gasteiger partial charge on any atom is -0.497 e. The molecule has 3 rings (SSSR count). The highest BCUT2D eigenvalue weighted by atomic mass is 16.5. The van der Waals surface area contributed by atoms with Crippen LogP contribution < -0.4 is 4.74 Å². The number of ether oxygens (including phenoxy) is 1. The van der Waals surface area contributed by atoms with Crippen molar-refractivity contribution in [2.75, 3.05) is 20.2 Å². The maximum atomic E-state index is 12.6. The van der Waals surface area contributed by atoms with Crippen LogP contribution in [0.15, 0.2) is 34.9 Å². The van der Waals surface area contributed by atoms with Crippen LogP contribution in [0.1, 0.15) is 30.8 Å². The van der Waals surface area contributed by atoms with Crippen molar-refractivity contribution < 1.29 is 14.1 Å². The molecular weight excluding hydrogens is 292 g/mol. The molecule has 0 N–H and O–H groups in total. The van der Waals surface area contributed by atoms with Crippen LogP contribution in [-0.2, 0) is 0 Å². The number of hydrogen-bond donors (Lipinski definition) is 0. The van der Waals surface area contributed by atoms with Crippen molar-refractivity contribution in [3.05, 3.63) is 36.0 Å². The Morgan fingerprint density at radius 1 is 1.22 bits per heavy atom. The van der Waals surface area contributed by atoms with Crippen LogP contribution in [0.2, 0.25) is 0 Å². The molecule has 0 unspecified atom stereocenters. The normalized spacial score (nSPS) is 21.3. The Balaban J connectivity index is 1.76. The molecule has 122 valence electrons. The third kappa shape index (κ3) is 3.38. The van der Waals surface area contributed by atoms with Gasteiger partial charge in [-0.05, 0) is 42.5 Å². The highest BCUT2D eigenvalue weighted by Crippen LogP contribution is 2.25. The fourth-order valence-electron chi connectivity index (χ4n) is 3.26. The number of carbonyl (C=O) groups excluding carboxylic acids is 1. The summed E-state index contributed by atoms with van der Waals surface area (Å²) in [6, 6.07) is 9.20. The molecule has 5 heteroatoms. The predicted molar refractivity (Wildman–Crippen MR) is 87.3 cm³/mol. The third-order valence-corrected chi connectivity index (χ3v) is 4.26. The van der Waals surface area contributed by atoms with E-state index in [2.05, 4.69) is 19.0 Å². The van der Waals surface area contributed by atoms with Gasteiger partial charge in [-0.2, -0.15) is 0 Å². The van der Waals surface area contributed by atoms with E-state index in [-0.39, 0.29) is 5.91 Å². The fourth-order valence-corrected chi connectivity index (χ4v) is 3.26. The number of rotatable bonds is 3. The lowest BCUT2D eigenvalue weighted by atomic mass is 9.92. The van der Waals surface area contributed by atoms with E-state index >= 15 is 0 Å². The molecule has 1 aromatic carbocycles. The van der Waals surface area contributed by atoms with Crippen molar-refractivity contribution in [1.82, 2.24) is 10.1 Å². The van der Waals surface area contributed by atoms with Gasteiger partial charge in [-0.25, -0.2) is 0 Å². The molecule has 23 heavy (non-hydrogen) atoms. The van der Waals surface area contributed by atoms with E-state index in [0.29, 0.717) is 23.3 Å². The highest BCUT2D eigenvalue weighted by Gasteiger charge is 2.28. The van der Waals surface area contributed by atoms with Gasteiger partial charge in [0.2, 0.25) is 0 Å². The number of methoxy groups -OCH3 is 1. The van der Waals surface area contributed by atoms with Crippen molar-refractivity contribution in [1.29, 1.82) is 0 Å². The van der Waals surface area contributed by atoms with Gasteiger partial charge in [0, 0.05) is 24.7 Å². The summed E-state index contributed by atoms with van der Waals surface area (Å²) in [5, 5.41) is 3.96. The minimum atomic E-state index is -0.0492. The third-order valence-electron chi connectivity index (χ3n) is 4.26. The fraction of sp³-hybridized carbons (Fsp3) is 0.444. The minimum absolute atomic E-state index is 0.0492. The Hall–Kier alpha value is -2.30. The number of aromatic nitrogens is 1. The van der Waals surface area contributed by atoms with Crippen molar-refractivity contribution in [2.45, 2.75) is 20.3 Å². The first-order chi connectivity index (χ1) is 11.1. The van der Waals surface area contributed by atoms with E-state index < -0.39 is 0 Å². The molecule has 5 nitrogen and oxygen atoms in total. The van der Waals surface area contributed by atoms with Crippen LogP contribution in [0.3, 0.4) is 0 Å². The van der Waals surface area contributed by atoms with Crippen LogP contribution in [-0.4, -0.2) is 36.2 Å². The first-order valence-corrected chi connectivity index (χ1v) is 7.97. The summed E-state index contributed by atoms with van der Waals surface area (Å²) in [4.78, 5) is 14.5. The van der Waals surface area contributed by atoms with E-state index in [0.717, 1.165) is 24.4 Å². The summed E-state index contributed by atoms with van der Waals surface area (Å²) in [5.41, 5.74) is 1.25. The van der Waals surface area contributed by atoms with Gasteiger partial charge < -0.3 is 14.2 Å². The lowest BCUT2D eigenvalue weighted by Crippen LogP contribution is -2.42. The summed E-state index contributed by atoms with van der Waals surface area (Å²) in [6.07, 6.45) is 1.17. The molecular formula is C18H22N2O3. The van der Waals surface area contributed by atoms with Crippen molar-refractivity contribution in [3.63, 3.8) is 0 Å². The Bertz CT molecular complexity index is 668. The molecule has 0 aliphatic carbocycles. The lowest BCUT2D eigenvalue weighted by Gasteiger charge is -2.34. The molecule has 2 atom stereocenters. The molecule has 1 saturated heterocycles. The summed E-state index contributed by atoms with van der Waals surface area (Å²) in [6.45, 7) is 5.94. The molecule has 0 bridgehead atoms. The molecule has 1 fully saturated rings. The maximum absolute atomic E-state index is 12.6. The van der Waals surface area contributed by atoms with Gasteiger partial charge in [0.1, 0.15) is 5.75 Å². The second-order valence-corrected chi connectivity index (χ2v) is 6.46. The largest absolute Gasteiger partial charge is 0.497 e. The smallest absolute Gasteiger partial charge is 0.276 e. The lowest BCUT2D eigenvalue weighted by molar-refractivity contribution is 0.0613.